The summed E-state index contributed by atoms with van der Waals surface area (Å²) in [5.41, 5.74) is 0.696. The molecule has 0 aliphatic heterocycles. The highest BCUT2D eigenvalue weighted by Crippen LogP contribution is 2.32. The number of nitro benzene ring substituents is 1. The van der Waals surface area contributed by atoms with Gasteiger partial charge in [0.25, 0.3) is 5.69 Å². The van der Waals surface area contributed by atoms with E-state index in [1.165, 1.54) is 6.07 Å². The van der Waals surface area contributed by atoms with E-state index in [0.29, 0.717) is 22.4 Å². The van der Waals surface area contributed by atoms with E-state index in [2.05, 4.69) is 15.9 Å². The predicted molar refractivity (Wildman–Crippen MR) is 56.7 cm³/mol. The van der Waals surface area contributed by atoms with Crippen LogP contribution in [0.15, 0.2) is 16.6 Å². The Hall–Kier alpha value is -1.10. The minimum absolute atomic E-state index is 0.0975. The van der Waals surface area contributed by atoms with Gasteiger partial charge in [0.1, 0.15) is 5.75 Å². The van der Waals surface area contributed by atoms with Crippen LogP contribution in [0.1, 0.15) is 12.5 Å². The minimum atomic E-state index is -0.407. The fourth-order valence-corrected chi connectivity index (χ4v) is 1.55. The molecule has 0 bridgehead atoms. The molecule has 0 saturated carbocycles. The molecule has 0 aliphatic rings. The van der Waals surface area contributed by atoms with Crippen LogP contribution in [0.25, 0.3) is 0 Å². The van der Waals surface area contributed by atoms with Crippen LogP contribution < -0.4 is 4.74 Å². The SMILES string of the molecule is CCOc1cc(C)c([N+](=O)[O-])cc1Br. The molecule has 4 nitrogen and oxygen atoms in total. The lowest BCUT2D eigenvalue weighted by molar-refractivity contribution is -0.385. The Labute approximate surface area is 90.2 Å². The van der Waals surface area contributed by atoms with Gasteiger partial charge in [-0.3, -0.25) is 10.1 Å². The second-order valence-corrected chi connectivity index (χ2v) is 3.61. The van der Waals surface area contributed by atoms with E-state index in [1.54, 1.807) is 13.0 Å². The topological polar surface area (TPSA) is 52.4 Å². The van der Waals surface area contributed by atoms with Crippen molar-refractivity contribution in [3.8, 4) is 5.75 Å². The fraction of sp³-hybridized carbons (Fsp3) is 0.333. The van der Waals surface area contributed by atoms with Crippen LogP contribution >= 0.6 is 15.9 Å². The zero-order valence-electron chi connectivity index (χ0n) is 7.91. The third-order valence-corrected chi connectivity index (χ3v) is 2.37. The number of rotatable bonds is 3. The molecule has 0 saturated heterocycles. The summed E-state index contributed by atoms with van der Waals surface area (Å²) < 4.78 is 5.89. The Morgan fingerprint density at radius 2 is 2.21 bits per heavy atom. The second-order valence-electron chi connectivity index (χ2n) is 2.76. The highest BCUT2D eigenvalue weighted by atomic mass is 79.9. The Bertz CT molecular complexity index is 365. The van der Waals surface area contributed by atoms with Crippen LogP contribution in [0.4, 0.5) is 5.69 Å². The van der Waals surface area contributed by atoms with Gasteiger partial charge in [-0.2, -0.15) is 0 Å². The smallest absolute Gasteiger partial charge is 0.273 e. The Morgan fingerprint density at radius 3 is 2.71 bits per heavy atom. The maximum atomic E-state index is 10.6. The summed E-state index contributed by atoms with van der Waals surface area (Å²) >= 11 is 3.22. The first-order chi connectivity index (χ1) is 6.56. The number of hydrogen-bond acceptors (Lipinski definition) is 3. The molecule has 5 heteroatoms. The van der Waals surface area contributed by atoms with Crippen LogP contribution in [0.2, 0.25) is 0 Å². The summed E-state index contributed by atoms with van der Waals surface area (Å²) in [6.07, 6.45) is 0. The summed E-state index contributed by atoms with van der Waals surface area (Å²) in [7, 11) is 0. The van der Waals surface area contributed by atoms with E-state index in [1.807, 2.05) is 6.92 Å². The normalized spacial score (nSPS) is 9.93. The van der Waals surface area contributed by atoms with Crippen molar-refractivity contribution in [1.29, 1.82) is 0 Å². The molecular formula is C9H10BrNO3. The highest BCUT2D eigenvalue weighted by molar-refractivity contribution is 9.10. The molecule has 76 valence electrons. The molecular weight excluding hydrogens is 250 g/mol. The van der Waals surface area contributed by atoms with Gasteiger partial charge in [-0.1, -0.05) is 0 Å². The van der Waals surface area contributed by atoms with Crippen molar-refractivity contribution < 1.29 is 9.66 Å². The fourth-order valence-electron chi connectivity index (χ4n) is 1.11. The zero-order valence-corrected chi connectivity index (χ0v) is 9.50. The number of nitro groups is 1. The van der Waals surface area contributed by atoms with Crippen molar-refractivity contribution in [3.05, 3.63) is 32.3 Å². The van der Waals surface area contributed by atoms with Crippen molar-refractivity contribution in [2.75, 3.05) is 6.61 Å². The van der Waals surface area contributed by atoms with Crippen molar-refractivity contribution in [2.24, 2.45) is 0 Å². The largest absolute Gasteiger partial charge is 0.493 e. The first-order valence-corrected chi connectivity index (χ1v) is 4.93. The van der Waals surface area contributed by atoms with E-state index in [-0.39, 0.29) is 5.69 Å². The molecule has 0 atom stereocenters. The predicted octanol–water partition coefficient (Wildman–Crippen LogP) is 3.06. The number of ether oxygens (including phenoxy) is 1. The van der Waals surface area contributed by atoms with Gasteiger partial charge in [-0.05, 0) is 35.8 Å². The Morgan fingerprint density at radius 1 is 1.57 bits per heavy atom. The van der Waals surface area contributed by atoms with Crippen molar-refractivity contribution in [2.45, 2.75) is 13.8 Å². The summed E-state index contributed by atoms with van der Waals surface area (Å²) in [6, 6.07) is 3.12. The zero-order chi connectivity index (χ0) is 10.7. The Kier molecular flexibility index (Phi) is 3.46. The second kappa shape index (κ2) is 4.41. The molecule has 0 heterocycles. The lowest BCUT2D eigenvalue weighted by Gasteiger charge is -2.06. The van der Waals surface area contributed by atoms with Crippen LogP contribution in [-0.2, 0) is 0 Å². The first-order valence-electron chi connectivity index (χ1n) is 4.13. The molecule has 14 heavy (non-hydrogen) atoms. The van der Waals surface area contributed by atoms with E-state index in [0.717, 1.165) is 0 Å². The van der Waals surface area contributed by atoms with Crippen molar-refractivity contribution >= 4 is 21.6 Å². The van der Waals surface area contributed by atoms with Gasteiger partial charge in [-0.15, -0.1) is 0 Å². The maximum Gasteiger partial charge on any atom is 0.273 e. The summed E-state index contributed by atoms with van der Waals surface area (Å²) in [4.78, 5) is 10.2. The standard InChI is InChI=1S/C9H10BrNO3/c1-3-14-9-4-6(2)8(11(12)13)5-7(9)10/h4-5H,3H2,1-2H3. The third kappa shape index (κ3) is 2.23. The molecule has 1 rings (SSSR count). The maximum absolute atomic E-state index is 10.6. The molecule has 0 radical (unpaired) electrons. The molecule has 1 aromatic rings. The molecule has 0 aromatic heterocycles. The number of nitrogens with zero attached hydrogens (tertiary/aromatic N) is 1. The first kappa shape index (κ1) is 11.0. The summed E-state index contributed by atoms with van der Waals surface area (Å²) in [5, 5.41) is 10.6. The summed E-state index contributed by atoms with van der Waals surface area (Å²) in [5.74, 6) is 0.635. The lowest BCUT2D eigenvalue weighted by Crippen LogP contribution is -1.96. The number of halogens is 1. The van der Waals surface area contributed by atoms with Gasteiger partial charge in [0.2, 0.25) is 0 Å². The minimum Gasteiger partial charge on any atom is -0.493 e. The molecule has 0 amide bonds. The van der Waals surface area contributed by atoms with Crippen LogP contribution in [0, 0.1) is 17.0 Å². The van der Waals surface area contributed by atoms with E-state index in [4.69, 9.17) is 4.74 Å². The van der Waals surface area contributed by atoms with Gasteiger partial charge in [-0.25, -0.2) is 0 Å². The lowest BCUT2D eigenvalue weighted by atomic mass is 10.2. The van der Waals surface area contributed by atoms with E-state index < -0.39 is 4.92 Å². The van der Waals surface area contributed by atoms with Gasteiger partial charge in [0.05, 0.1) is 16.0 Å². The van der Waals surface area contributed by atoms with E-state index >= 15 is 0 Å². The molecule has 0 unspecified atom stereocenters. The number of benzene rings is 1. The van der Waals surface area contributed by atoms with Crippen molar-refractivity contribution in [1.82, 2.24) is 0 Å². The molecule has 0 fully saturated rings. The average molecular weight is 260 g/mol. The summed E-state index contributed by atoms with van der Waals surface area (Å²) in [6.45, 7) is 4.09. The van der Waals surface area contributed by atoms with Gasteiger partial charge < -0.3 is 4.74 Å². The monoisotopic (exact) mass is 259 g/mol. The average Bonchev–Trinajstić information content (AvgIpc) is 2.10. The quantitative estimate of drug-likeness (QED) is 0.619. The Balaban J connectivity index is 3.17. The van der Waals surface area contributed by atoms with Crippen LogP contribution in [-0.4, -0.2) is 11.5 Å². The highest BCUT2D eigenvalue weighted by Gasteiger charge is 2.14. The molecule has 0 N–H and O–H groups in total. The number of aryl methyl sites for hydroxylation is 1. The van der Waals surface area contributed by atoms with Gasteiger partial charge >= 0.3 is 0 Å². The van der Waals surface area contributed by atoms with Crippen LogP contribution in [0.3, 0.4) is 0 Å². The molecule has 1 aromatic carbocycles. The third-order valence-electron chi connectivity index (χ3n) is 1.75. The number of hydrogen-bond donors (Lipinski definition) is 0. The molecule has 0 spiro atoms. The van der Waals surface area contributed by atoms with Gasteiger partial charge in [0, 0.05) is 11.6 Å². The van der Waals surface area contributed by atoms with E-state index in [9.17, 15) is 10.1 Å². The van der Waals surface area contributed by atoms with Gasteiger partial charge in [0.15, 0.2) is 0 Å². The van der Waals surface area contributed by atoms with Crippen molar-refractivity contribution in [3.63, 3.8) is 0 Å². The molecule has 0 aliphatic carbocycles. The van der Waals surface area contributed by atoms with Crippen LogP contribution in [0.5, 0.6) is 5.75 Å².